The van der Waals surface area contributed by atoms with Crippen LogP contribution in [0.25, 0.3) is 0 Å². The standard InChI is InChI=1S/C13H20N4/c1-2-8-14-11(4-1)10-17(12-6-7-12)13-5-3-9-15-16-13/h3,5,9,11-12,14H,1-2,4,6-8,10H2. The Bertz CT molecular complexity index is 344. The van der Waals surface area contributed by atoms with E-state index in [2.05, 4.69) is 26.5 Å². The summed E-state index contributed by atoms with van der Waals surface area (Å²) in [5, 5.41) is 11.9. The van der Waals surface area contributed by atoms with E-state index < -0.39 is 0 Å². The van der Waals surface area contributed by atoms with E-state index in [1.54, 1.807) is 6.20 Å². The molecule has 4 nitrogen and oxygen atoms in total. The van der Waals surface area contributed by atoms with Crippen molar-refractivity contribution in [3.05, 3.63) is 18.3 Å². The van der Waals surface area contributed by atoms with E-state index in [9.17, 15) is 0 Å². The van der Waals surface area contributed by atoms with Gasteiger partial charge in [0.1, 0.15) is 0 Å². The minimum Gasteiger partial charge on any atom is -0.351 e. The molecule has 2 heterocycles. The number of nitrogens with zero attached hydrogens (tertiary/aromatic N) is 3. The number of aromatic nitrogens is 2. The van der Waals surface area contributed by atoms with Crippen molar-refractivity contribution >= 4 is 5.82 Å². The fraction of sp³-hybridized carbons (Fsp3) is 0.692. The van der Waals surface area contributed by atoms with Gasteiger partial charge in [-0.2, -0.15) is 5.10 Å². The quantitative estimate of drug-likeness (QED) is 0.856. The Balaban J connectivity index is 1.67. The maximum atomic E-state index is 4.25. The van der Waals surface area contributed by atoms with Crippen LogP contribution in [0.4, 0.5) is 5.82 Å². The van der Waals surface area contributed by atoms with Gasteiger partial charge in [0.25, 0.3) is 0 Å². The number of hydrogen-bond acceptors (Lipinski definition) is 4. The number of hydrogen-bond donors (Lipinski definition) is 1. The monoisotopic (exact) mass is 232 g/mol. The van der Waals surface area contributed by atoms with E-state index >= 15 is 0 Å². The third kappa shape index (κ3) is 2.75. The molecule has 1 saturated heterocycles. The summed E-state index contributed by atoms with van der Waals surface area (Å²) in [5.74, 6) is 1.04. The Morgan fingerprint density at radius 3 is 2.88 bits per heavy atom. The SMILES string of the molecule is c1cnnc(N(CC2CCCCN2)C2CC2)c1. The van der Waals surface area contributed by atoms with Gasteiger partial charge in [0.15, 0.2) is 5.82 Å². The molecule has 4 heteroatoms. The molecule has 1 aliphatic heterocycles. The molecule has 2 fully saturated rings. The first-order valence-corrected chi connectivity index (χ1v) is 6.71. The summed E-state index contributed by atoms with van der Waals surface area (Å²) in [7, 11) is 0. The minimum atomic E-state index is 0.631. The summed E-state index contributed by atoms with van der Waals surface area (Å²) in [6.07, 6.45) is 8.34. The third-order valence-electron chi connectivity index (χ3n) is 3.67. The van der Waals surface area contributed by atoms with Crippen molar-refractivity contribution < 1.29 is 0 Å². The highest BCUT2D eigenvalue weighted by Gasteiger charge is 2.31. The molecule has 92 valence electrons. The van der Waals surface area contributed by atoms with Crippen LogP contribution in [0.2, 0.25) is 0 Å². The average Bonchev–Trinajstić information content (AvgIpc) is 3.23. The molecule has 1 atom stereocenters. The molecular weight excluding hydrogens is 212 g/mol. The van der Waals surface area contributed by atoms with Gasteiger partial charge < -0.3 is 10.2 Å². The molecule has 1 unspecified atom stereocenters. The zero-order valence-corrected chi connectivity index (χ0v) is 10.2. The maximum Gasteiger partial charge on any atom is 0.151 e. The van der Waals surface area contributed by atoms with Crippen LogP contribution in [0, 0.1) is 0 Å². The van der Waals surface area contributed by atoms with Gasteiger partial charge in [-0.25, -0.2) is 0 Å². The van der Waals surface area contributed by atoms with Gasteiger partial charge in [-0.05, 0) is 44.4 Å². The van der Waals surface area contributed by atoms with Crippen LogP contribution in [0.1, 0.15) is 32.1 Å². The highest BCUT2D eigenvalue weighted by Crippen LogP contribution is 2.30. The highest BCUT2D eigenvalue weighted by atomic mass is 15.3. The van der Waals surface area contributed by atoms with E-state index in [-0.39, 0.29) is 0 Å². The second kappa shape index (κ2) is 5.00. The Hall–Kier alpha value is -1.16. The summed E-state index contributed by atoms with van der Waals surface area (Å²) in [5.41, 5.74) is 0. The first-order chi connectivity index (χ1) is 8.43. The molecule has 0 radical (unpaired) electrons. The largest absolute Gasteiger partial charge is 0.351 e. The van der Waals surface area contributed by atoms with Gasteiger partial charge >= 0.3 is 0 Å². The van der Waals surface area contributed by atoms with Gasteiger partial charge in [0.2, 0.25) is 0 Å². The van der Waals surface area contributed by atoms with E-state index in [1.165, 1.54) is 38.6 Å². The topological polar surface area (TPSA) is 41.1 Å². The Labute approximate surface area is 102 Å². The molecule has 0 amide bonds. The Kier molecular flexibility index (Phi) is 3.22. The van der Waals surface area contributed by atoms with Gasteiger partial charge in [0.05, 0.1) is 0 Å². The number of nitrogens with one attached hydrogen (secondary N) is 1. The van der Waals surface area contributed by atoms with Crippen LogP contribution in [-0.2, 0) is 0 Å². The van der Waals surface area contributed by atoms with E-state index in [1.807, 2.05) is 6.07 Å². The summed E-state index contributed by atoms with van der Waals surface area (Å²) in [6.45, 7) is 2.26. The Morgan fingerprint density at radius 1 is 1.29 bits per heavy atom. The molecule has 2 aliphatic rings. The van der Waals surface area contributed by atoms with Gasteiger partial charge in [-0.1, -0.05) is 6.42 Å². The molecule has 1 aromatic heterocycles. The molecule has 0 spiro atoms. The van der Waals surface area contributed by atoms with Gasteiger partial charge in [0, 0.05) is 24.8 Å². The first kappa shape index (κ1) is 11.0. The van der Waals surface area contributed by atoms with E-state index in [0.29, 0.717) is 12.1 Å². The smallest absolute Gasteiger partial charge is 0.151 e. The van der Waals surface area contributed by atoms with Crippen molar-refractivity contribution in [3.8, 4) is 0 Å². The fourth-order valence-electron chi connectivity index (χ4n) is 2.58. The van der Waals surface area contributed by atoms with Crippen LogP contribution in [-0.4, -0.2) is 35.4 Å². The lowest BCUT2D eigenvalue weighted by molar-refractivity contribution is 0.397. The molecule has 0 aromatic carbocycles. The second-order valence-electron chi connectivity index (χ2n) is 5.11. The van der Waals surface area contributed by atoms with Crippen LogP contribution in [0.5, 0.6) is 0 Å². The predicted molar refractivity (Wildman–Crippen MR) is 68.0 cm³/mol. The third-order valence-corrected chi connectivity index (χ3v) is 3.67. The molecule has 1 aromatic rings. The summed E-state index contributed by atoms with van der Waals surface area (Å²) in [6, 6.07) is 5.39. The molecule has 0 bridgehead atoms. The summed E-state index contributed by atoms with van der Waals surface area (Å²) < 4.78 is 0. The zero-order chi connectivity index (χ0) is 11.5. The molecule has 3 rings (SSSR count). The van der Waals surface area contributed by atoms with Crippen molar-refractivity contribution in [2.75, 3.05) is 18.0 Å². The lowest BCUT2D eigenvalue weighted by Gasteiger charge is -2.31. The second-order valence-corrected chi connectivity index (χ2v) is 5.11. The Morgan fingerprint density at radius 2 is 2.24 bits per heavy atom. The number of piperidine rings is 1. The van der Waals surface area contributed by atoms with Crippen LogP contribution in [0.3, 0.4) is 0 Å². The fourth-order valence-corrected chi connectivity index (χ4v) is 2.58. The first-order valence-electron chi connectivity index (χ1n) is 6.71. The van der Waals surface area contributed by atoms with Crippen molar-refractivity contribution in [2.45, 2.75) is 44.2 Å². The van der Waals surface area contributed by atoms with Crippen molar-refractivity contribution in [1.29, 1.82) is 0 Å². The van der Waals surface area contributed by atoms with Crippen molar-refractivity contribution in [3.63, 3.8) is 0 Å². The van der Waals surface area contributed by atoms with Crippen LogP contribution < -0.4 is 10.2 Å². The average molecular weight is 232 g/mol. The lowest BCUT2D eigenvalue weighted by atomic mass is 10.0. The summed E-state index contributed by atoms with van der Waals surface area (Å²) >= 11 is 0. The lowest BCUT2D eigenvalue weighted by Crippen LogP contribution is -2.44. The van der Waals surface area contributed by atoms with E-state index in [0.717, 1.165) is 12.4 Å². The summed E-state index contributed by atoms with van der Waals surface area (Å²) in [4.78, 5) is 2.44. The normalized spacial score (nSPS) is 24.6. The van der Waals surface area contributed by atoms with Crippen molar-refractivity contribution in [1.82, 2.24) is 15.5 Å². The molecule has 17 heavy (non-hydrogen) atoms. The molecule has 1 N–H and O–H groups in total. The zero-order valence-electron chi connectivity index (χ0n) is 10.2. The predicted octanol–water partition coefficient (Wildman–Crippen LogP) is 1.59. The van der Waals surface area contributed by atoms with E-state index in [4.69, 9.17) is 0 Å². The minimum absolute atomic E-state index is 0.631. The molecular formula is C13H20N4. The van der Waals surface area contributed by atoms with Crippen LogP contribution >= 0.6 is 0 Å². The molecule has 1 aliphatic carbocycles. The van der Waals surface area contributed by atoms with Crippen LogP contribution in [0.15, 0.2) is 18.3 Å². The molecule has 1 saturated carbocycles. The highest BCUT2D eigenvalue weighted by molar-refractivity contribution is 5.40. The van der Waals surface area contributed by atoms with Gasteiger partial charge in [-0.3, -0.25) is 0 Å². The number of rotatable bonds is 4. The van der Waals surface area contributed by atoms with Gasteiger partial charge in [-0.15, -0.1) is 5.10 Å². The van der Waals surface area contributed by atoms with Crippen molar-refractivity contribution in [2.24, 2.45) is 0 Å². The number of anilines is 1. The maximum absolute atomic E-state index is 4.25.